The number of aromatic hydroxyl groups is 1. The lowest BCUT2D eigenvalue weighted by molar-refractivity contribution is -0.140. The van der Waals surface area contributed by atoms with Gasteiger partial charge in [-0.3, -0.25) is 9.59 Å². The number of carbonyl (C=O) groups excluding carboxylic acids is 3. The summed E-state index contributed by atoms with van der Waals surface area (Å²) >= 11 is 0. The van der Waals surface area contributed by atoms with Gasteiger partial charge in [0.05, 0.1) is 7.11 Å². The number of esters is 2. The highest BCUT2D eigenvalue weighted by Crippen LogP contribution is 2.16. The Kier molecular flexibility index (Phi) is 6.73. The minimum atomic E-state index is -0.780. The van der Waals surface area contributed by atoms with Crippen molar-refractivity contribution in [1.82, 2.24) is 5.32 Å². The van der Waals surface area contributed by atoms with Crippen LogP contribution in [-0.4, -0.2) is 43.2 Å². The maximum Gasteiger partial charge on any atom is 0.342 e. The molecular weight excluding hydrogens is 278 g/mol. The first kappa shape index (κ1) is 16.5. The molecule has 1 aromatic carbocycles. The van der Waals surface area contributed by atoms with Crippen LogP contribution >= 0.6 is 0 Å². The average molecular weight is 295 g/mol. The zero-order valence-corrected chi connectivity index (χ0v) is 11.6. The number of amides is 1. The number of methoxy groups -OCH3 is 1. The van der Waals surface area contributed by atoms with E-state index < -0.39 is 18.5 Å². The summed E-state index contributed by atoms with van der Waals surface area (Å²) < 4.78 is 9.22. The zero-order valence-electron chi connectivity index (χ0n) is 11.6. The van der Waals surface area contributed by atoms with E-state index >= 15 is 0 Å². The summed E-state index contributed by atoms with van der Waals surface area (Å²) in [5.41, 5.74) is -0.00371. The Hall–Kier alpha value is -2.57. The first-order valence-electron chi connectivity index (χ1n) is 6.33. The molecule has 21 heavy (non-hydrogen) atoms. The maximum atomic E-state index is 11.6. The standard InChI is InChI=1S/C14H17NO6/c1-20-13(18)7-4-8-15-12(17)9-21-14(19)10-5-2-3-6-11(10)16/h2-3,5-6,16H,4,7-9H2,1H3,(H,15,17). The second-order valence-electron chi connectivity index (χ2n) is 4.12. The van der Waals surface area contributed by atoms with Gasteiger partial charge in [-0.25, -0.2) is 4.79 Å². The first-order valence-corrected chi connectivity index (χ1v) is 6.33. The smallest absolute Gasteiger partial charge is 0.342 e. The van der Waals surface area contributed by atoms with Gasteiger partial charge in [0.15, 0.2) is 6.61 Å². The summed E-state index contributed by atoms with van der Waals surface area (Å²) in [4.78, 5) is 33.8. The SMILES string of the molecule is COC(=O)CCCNC(=O)COC(=O)c1ccccc1O. The molecule has 0 saturated heterocycles. The van der Waals surface area contributed by atoms with E-state index in [1.54, 1.807) is 12.1 Å². The van der Waals surface area contributed by atoms with Gasteiger partial charge >= 0.3 is 11.9 Å². The second-order valence-corrected chi connectivity index (χ2v) is 4.12. The van der Waals surface area contributed by atoms with Gasteiger partial charge in [-0.15, -0.1) is 0 Å². The van der Waals surface area contributed by atoms with Crippen molar-refractivity contribution < 1.29 is 29.0 Å². The monoisotopic (exact) mass is 295 g/mol. The van der Waals surface area contributed by atoms with Crippen molar-refractivity contribution in [2.24, 2.45) is 0 Å². The van der Waals surface area contributed by atoms with E-state index in [1.165, 1.54) is 19.2 Å². The van der Waals surface area contributed by atoms with Crippen LogP contribution in [0.3, 0.4) is 0 Å². The highest BCUT2D eigenvalue weighted by atomic mass is 16.5. The van der Waals surface area contributed by atoms with Crippen molar-refractivity contribution in [3.63, 3.8) is 0 Å². The lowest BCUT2D eigenvalue weighted by Crippen LogP contribution is -2.29. The van der Waals surface area contributed by atoms with Crippen LogP contribution in [0.25, 0.3) is 0 Å². The lowest BCUT2D eigenvalue weighted by atomic mass is 10.2. The van der Waals surface area contributed by atoms with Gasteiger partial charge < -0.3 is 19.9 Å². The number of benzene rings is 1. The Morgan fingerprint density at radius 3 is 2.62 bits per heavy atom. The van der Waals surface area contributed by atoms with Crippen molar-refractivity contribution in [2.75, 3.05) is 20.3 Å². The van der Waals surface area contributed by atoms with Crippen LogP contribution in [-0.2, 0) is 19.1 Å². The molecule has 114 valence electrons. The van der Waals surface area contributed by atoms with Gasteiger partial charge in [-0.05, 0) is 18.6 Å². The van der Waals surface area contributed by atoms with Crippen LogP contribution < -0.4 is 5.32 Å². The minimum absolute atomic E-state index is 0.00371. The van der Waals surface area contributed by atoms with Gasteiger partial charge in [0.2, 0.25) is 0 Å². The van der Waals surface area contributed by atoms with Crippen LogP contribution in [0.1, 0.15) is 23.2 Å². The van der Waals surface area contributed by atoms with E-state index in [1.807, 2.05) is 0 Å². The van der Waals surface area contributed by atoms with Crippen LogP contribution in [0.2, 0.25) is 0 Å². The molecule has 0 aliphatic rings. The van der Waals surface area contributed by atoms with Gasteiger partial charge in [0.1, 0.15) is 11.3 Å². The fraction of sp³-hybridized carbons (Fsp3) is 0.357. The lowest BCUT2D eigenvalue weighted by Gasteiger charge is -2.07. The summed E-state index contributed by atoms with van der Waals surface area (Å²) in [7, 11) is 1.29. The third-order valence-electron chi connectivity index (χ3n) is 2.57. The van der Waals surface area contributed by atoms with E-state index in [-0.39, 0.29) is 30.2 Å². The van der Waals surface area contributed by atoms with Crippen molar-refractivity contribution in [1.29, 1.82) is 0 Å². The number of hydrogen-bond donors (Lipinski definition) is 2. The summed E-state index contributed by atoms with van der Waals surface area (Å²) in [6.07, 6.45) is 0.639. The van der Waals surface area contributed by atoms with Gasteiger partial charge in [-0.1, -0.05) is 12.1 Å². The Bertz CT molecular complexity index is 514. The molecule has 7 nitrogen and oxygen atoms in total. The maximum absolute atomic E-state index is 11.6. The predicted molar refractivity (Wildman–Crippen MR) is 72.6 cm³/mol. The number of phenols is 1. The first-order chi connectivity index (χ1) is 10.0. The number of rotatable bonds is 7. The summed E-state index contributed by atoms with van der Waals surface area (Å²) in [6.45, 7) is -0.173. The largest absolute Gasteiger partial charge is 0.507 e. The highest BCUT2D eigenvalue weighted by Gasteiger charge is 2.13. The fourth-order valence-corrected chi connectivity index (χ4v) is 1.47. The van der Waals surface area contributed by atoms with Crippen LogP contribution in [0.5, 0.6) is 5.75 Å². The molecular formula is C14H17NO6. The van der Waals surface area contributed by atoms with Crippen LogP contribution in [0, 0.1) is 0 Å². The molecule has 0 aliphatic carbocycles. The Morgan fingerprint density at radius 2 is 1.95 bits per heavy atom. The summed E-state index contributed by atoms with van der Waals surface area (Å²) in [5.74, 6) is -1.82. The van der Waals surface area contributed by atoms with Crippen LogP contribution in [0.15, 0.2) is 24.3 Å². The molecule has 1 rings (SSSR count). The Balaban J connectivity index is 2.26. The number of hydrogen-bond acceptors (Lipinski definition) is 6. The van der Waals surface area contributed by atoms with E-state index in [0.717, 1.165) is 0 Å². The van der Waals surface area contributed by atoms with E-state index in [4.69, 9.17) is 4.74 Å². The highest BCUT2D eigenvalue weighted by molar-refractivity contribution is 5.93. The molecule has 0 spiro atoms. The molecule has 0 aromatic heterocycles. The molecule has 0 bridgehead atoms. The third kappa shape index (κ3) is 5.94. The molecule has 0 aliphatic heterocycles. The molecule has 0 unspecified atom stereocenters. The van der Waals surface area contributed by atoms with E-state index in [0.29, 0.717) is 6.42 Å². The number of carbonyl (C=O) groups is 3. The minimum Gasteiger partial charge on any atom is -0.507 e. The normalized spacial score (nSPS) is 9.76. The summed E-state index contributed by atoms with van der Waals surface area (Å²) in [6, 6.07) is 5.89. The van der Waals surface area contributed by atoms with Gasteiger partial charge in [-0.2, -0.15) is 0 Å². The molecule has 1 amide bonds. The average Bonchev–Trinajstić information content (AvgIpc) is 2.49. The van der Waals surface area contributed by atoms with Crippen LogP contribution in [0.4, 0.5) is 0 Å². The molecule has 0 atom stereocenters. The van der Waals surface area contributed by atoms with Crippen molar-refractivity contribution in [3.8, 4) is 5.75 Å². The Morgan fingerprint density at radius 1 is 1.24 bits per heavy atom. The quantitative estimate of drug-likeness (QED) is 0.564. The molecule has 0 fully saturated rings. The molecule has 0 saturated carbocycles. The number of nitrogens with one attached hydrogen (secondary N) is 1. The van der Waals surface area contributed by atoms with E-state index in [2.05, 4.69) is 10.1 Å². The summed E-state index contributed by atoms with van der Waals surface area (Å²) in [5, 5.41) is 11.9. The van der Waals surface area contributed by atoms with Crippen molar-refractivity contribution in [3.05, 3.63) is 29.8 Å². The number of ether oxygens (including phenoxy) is 2. The molecule has 7 heteroatoms. The third-order valence-corrected chi connectivity index (χ3v) is 2.57. The van der Waals surface area contributed by atoms with E-state index in [9.17, 15) is 19.5 Å². The van der Waals surface area contributed by atoms with Gasteiger partial charge in [0, 0.05) is 13.0 Å². The topological polar surface area (TPSA) is 102 Å². The zero-order chi connectivity index (χ0) is 15.7. The Labute approximate surface area is 121 Å². The number of phenolic OH excluding ortho intramolecular Hbond substituents is 1. The second kappa shape index (κ2) is 8.57. The fourth-order valence-electron chi connectivity index (χ4n) is 1.47. The number of para-hydroxylation sites is 1. The van der Waals surface area contributed by atoms with Crippen molar-refractivity contribution in [2.45, 2.75) is 12.8 Å². The van der Waals surface area contributed by atoms with Gasteiger partial charge in [0.25, 0.3) is 5.91 Å². The predicted octanol–water partition coefficient (Wildman–Crippen LogP) is 0.618. The molecule has 2 N–H and O–H groups in total. The molecule has 0 heterocycles. The van der Waals surface area contributed by atoms with Crippen molar-refractivity contribution >= 4 is 17.8 Å². The molecule has 0 radical (unpaired) electrons. The molecule has 1 aromatic rings.